The largest absolute Gasteiger partial charge is 0.444 e. The zero-order valence-electron chi connectivity index (χ0n) is 13.6. The minimum Gasteiger partial charge on any atom is -0.444 e. The molecule has 0 saturated carbocycles. The molecule has 4 rings (SSSR count). The third-order valence-corrected chi connectivity index (χ3v) is 4.29. The summed E-state index contributed by atoms with van der Waals surface area (Å²) in [6, 6.07) is 17.9. The third kappa shape index (κ3) is 3.39. The average Bonchev–Trinajstić information content (AvgIpc) is 3.23. The molecule has 5 nitrogen and oxygen atoms in total. The fraction of sp³-hybridized carbons (Fsp3) is 0.105. The van der Waals surface area contributed by atoms with E-state index in [1.54, 1.807) is 6.26 Å². The third-order valence-electron chi connectivity index (χ3n) is 3.76. The van der Waals surface area contributed by atoms with E-state index in [4.69, 9.17) is 4.42 Å². The molecule has 0 atom stereocenters. The highest BCUT2D eigenvalue weighted by Gasteiger charge is 2.13. The summed E-state index contributed by atoms with van der Waals surface area (Å²) in [4.78, 5) is 9.12. The maximum Gasteiger partial charge on any atom is 0.226 e. The van der Waals surface area contributed by atoms with Crippen LogP contribution in [0.25, 0.3) is 22.8 Å². The van der Waals surface area contributed by atoms with Gasteiger partial charge in [0.25, 0.3) is 0 Å². The van der Waals surface area contributed by atoms with Crippen LogP contribution in [0.5, 0.6) is 0 Å². The van der Waals surface area contributed by atoms with Crippen LogP contribution < -0.4 is 0 Å². The summed E-state index contributed by atoms with van der Waals surface area (Å²) in [5.74, 6) is 2.15. The number of hydrogen-bond acceptors (Lipinski definition) is 4. The Morgan fingerprint density at radius 2 is 1.72 bits per heavy atom. The van der Waals surface area contributed by atoms with E-state index in [-0.39, 0.29) is 0 Å². The highest BCUT2D eigenvalue weighted by atomic mass is 79.9. The van der Waals surface area contributed by atoms with Gasteiger partial charge in [-0.1, -0.05) is 46.3 Å². The van der Waals surface area contributed by atoms with Gasteiger partial charge in [-0.3, -0.25) is 0 Å². The average molecular weight is 395 g/mol. The van der Waals surface area contributed by atoms with E-state index in [0.29, 0.717) is 12.4 Å². The molecule has 0 N–H and O–H groups in total. The Morgan fingerprint density at radius 1 is 0.960 bits per heavy atom. The molecular formula is C19H15BrN4O. The molecule has 124 valence electrons. The number of oxazole rings is 1. The zero-order valence-corrected chi connectivity index (χ0v) is 15.1. The van der Waals surface area contributed by atoms with E-state index in [9.17, 15) is 0 Å². The number of halogens is 1. The van der Waals surface area contributed by atoms with Crippen molar-refractivity contribution in [2.75, 3.05) is 0 Å². The first-order valence-electron chi connectivity index (χ1n) is 7.86. The topological polar surface area (TPSA) is 56.7 Å². The highest BCUT2D eigenvalue weighted by Crippen LogP contribution is 2.22. The lowest BCUT2D eigenvalue weighted by atomic mass is 10.2. The predicted molar refractivity (Wildman–Crippen MR) is 98.9 cm³/mol. The van der Waals surface area contributed by atoms with Crippen LogP contribution in [0.1, 0.15) is 11.5 Å². The summed E-state index contributed by atoms with van der Waals surface area (Å²) in [5.41, 5.74) is 2.77. The van der Waals surface area contributed by atoms with Crippen LogP contribution in [-0.4, -0.2) is 19.7 Å². The van der Waals surface area contributed by atoms with Gasteiger partial charge in [0.15, 0.2) is 5.82 Å². The summed E-state index contributed by atoms with van der Waals surface area (Å²) in [5, 5.41) is 4.49. The fourth-order valence-electron chi connectivity index (χ4n) is 2.62. The number of benzene rings is 2. The second kappa shape index (κ2) is 6.64. The molecule has 0 aliphatic rings. The molecule has 0 fully saturated rings. The van der Waals surface area contributed by atoms with Gasteiger partial charge in [-0.05, 0) is 31.2 Å². The first-order chi connectivity index (χ1) is 12.2. The van der Waals surface area contributed by atoms with E-state index in [1.807, 2.05) is 66.2 Å². The van der Waals surface area contributed by atoms with Crippen molar-refractivity contribution in [2.45, 2.75) is 13.5 Å². The molecule has 0 aliphatic carbocycles. The summed E-state index contributed by atoms with van der Waals surface area (Å²) in [7, 11) is 0. The van der Waals surface area contributed by atoms with Crippen molar-refractivity contribution in [1.29, 1.82) is 0 Å². The van der Waals surface area contributed by atoms with Crippen molar-refractivity contribution >= 4 is 15.9 Å². The summed E-state index contributed by atoms with van der Waals surface area (Å²) >= 11 is 3.43. The van der Waals surface area contributed by atoms with Gasteiger partial charge in [0.05, 0.1) is 6.54 Å². The van der Waals surface area contributed by atoms with E-state index in [0.717, 1.165) is 32.9 Å². The van der Waals surface area contributed by atoms with Crippen molar-refractivity contribution in [1.82, 2.24) is 19.7 Å². The van der Waals surface area contributed by atoms with Crippen LogP contribution in [0.4, 0.5) is 0 Å². The summed E-state index contributed by atoms with van der Waals surface area (Å²) < 4.78 is 8.50. The second-order valence-electron chi connectivity index (χ2n) is 5.66. The lowest BCUT2D eigenvalue weighted by Crippen LogP contribution is -2.04. The van der Waals surface area contributed by atoms with Gasteiger partial charge in [-0.2, -0.15) is 5.10 Å². The van der Waals surface area contributed by atoms with Crippen molar-refractivity contribution in [3.05, 3.63) is 76.9 Å². The molecule has 0 aliphatic heterocycles. The zero-order chi connectivity index (χ0) is 17.2. The van der Waals surface area contributed by atoms with Gasteiger partial charge in [0.2, 0.25) is 5.89 Å². The van der Waals surface area contributed by atoms with Crippen molar-refractivity contribution < 1.29 is 4.42 Å². The Bertz CT molecular complexity index is 990. The molecule has 2 aromatic carbocycles. The number of hydrogen-bond donors (Lipinski definition) is 0. The Morgan fingerprint density at radius 3 is 2.48 bits per heavy atom. The molecule has 25 heavy (non-hydrogen) atoms. The highest BCUT2D eigenvalue weighted by molar-refractivity contribution is 9.10. The number of rotatable bonds is 4. The molecule has 0 saturated heterocycles. The van der Waals surface area contributed by atoms with Gasteiger partial charge in [0, 0.05) is 15.6 Å². The maximum atomic E-state index is 5.63. The SMILES string of the molecule is Cc1nc(-c2ccccc2)n(Cc2coc(-c3ccc(Br)cc3)n2)n1. The monoisotopic (exact) mass is 394 g/mol. The van der Waals surface area contributed by atoms with Gasteiger partial charge in [-0.25, -0.2) is 14.6 Å². The van der Waals surface area contributed by atoms with E-state index in [2.05, 4.69) is 31.0 Å². The van der Waals surface area contributed by atoms with E-state index < -0.39 is 0 Å². The second-order valence-corrected chi connectivity index (χ2v) is 6.57. The molecule has 0 amide bonds. The Balaban J connectivity index is 1.62. The molecule has 2 heterocycles. The van der Waals surface area contributed by atoms with Crippen LogP contribution in [0, 0.1) is 6.92 Å². The minimum atomic E-state index is 0.505. The molecule has 0 bridgehead atoms. The molecule has 0 spiro atoms. The Hall–Kier alpha value is -2.73. The van der Waals surface area contributed by atoms with Gasteiger partial charge in [0.1, 0.15) is 17.8 Å². The van der Waals surface area contributed by atoms with Crippen molar-refractivity contribution in [3.63, 3.8) is 0 Å². The Kier molecular flexibility index (Phi) is 4.19. The van der Waals surface area contributed by atoms with Gasteiger partial charge < -0.3 is 4.42 Å². The fourth-order valence-corrected chi connectivity index (χ4v) is 2.89. The van der Waals surface area contributed by atoms with Crippen molar-refractivity contribution in [2.24, 2.45) is 0 Å². The molecule has 0 unspecified atom stereocenters. The van der Waals surface area contributed by atoms with Crippen LogP contribution in [-0.2, 0) is 6.54 Å². The van der Waals surface area contributed by atoms with Crippen LogP contribution in [0.15, 0.2) is 69.8 Å². The standard InChI is InChI=1S/C19H15BrN4O/c1-13-21-18(14-5-3-2-4-6-14)24(23-13)11-17-12-25-19(22-17)15-7-9-16(20)10-8-15/h2-10,12H,11H2,1H3. The lowest BCUT2D eigenvalue weighted by Gasteiger charge is -2.03. The molecule has 6 heteroatoms. The van der Waals surface area contributed by atoms with Gasteiger partial charge >= 0.3 is 0 Å². The smallest absolute Gasteiger partial charge is 0.226 e. The van der Waals surface area contributed by atoms with Crippen LogP contribution >= 0.6 is 15.9 Å². The van der Waals surface area contributed by atoms with Crippen molar-refractivity contribution in [3.8, 4) is 22.8 Å². The lowest BCUT2D eigenvalue weighted by molar-refractivity contribution is 0.569. The van der Waals surface area contributed by atoms with Crippen LogP contribution in [0.2, 0.25) is 0 Å². The Labute approximate surface area is 153 Å². The first kappa shape index (κ1) is 15.8. The quantitative estimate of drug-likeness (QED) is 0.502. The number of aryl methyl sites for hydroxylation is 1. The number of aromatic nitrogens is 4. The summed E-state index contributed by atoms with van der Waals surface area (Å²) in [6.07, 6.45) is 1.67. The predicted octanol–water partition coefficient (Wildman–Crippen LogP) is 4.72. The summed E-state index contributed by atoms with van der Waals surface area (Å²) in [6.45, 7) is 2.39. The van der Waals surface area contributed by atoms with Crippen LogP contribution in [0.3, 0.4) is 0 Å². The molecular weight excluding hydrogens is 380 g/mol. The minimum absolute atomic E-state index is 0.505. The molecule has 0 radical (unpaired) electrons. The van der Waals surface area contributed by atoms with E-state index in [1.165, 1.54) is 0 Å². The molecule has 2 aromatic heterocycles. The van der Waals surface area contributed by atoms with Gasteiger partial charge in [-0.15, -0.1) is 0 Å². The van der Waals surface area contributed by atoms with E-state index >= 15 is 0 Å². The number of nitrogens with zero attached hydrogens (tertiary/aromatic N) is 4. The molecule has 4 aromatic rings. The first-order valence-corrected chi connectivity index (χ1v) is 8.65. The maximum absolute atomic E-state index is 5.63. The normalized spacial score (nSPS) is 11.0.